The van der Waals surface area contributed by atoms with Gasteiger partial charge in [-0.15, -0.1) is 0 Å². The largest absolute Gasteiger partial charge is 0.392 e. The minimum Gasteiger partial charge on any atom is -0.392 e. The molecule has 0 saturated carbocycles. The van der Waals surface area contributed by atoms with Crippen molar-refractivity contribution in [3.63, 3.8) is 0 Å². The molecule has 9 nitrogen and oxygen atoms in total. The van der Waals surface area contributed by atoms with E-state index in [0.717, 1.165) is 94.6 Å². The Morgan fingerprint density at radius 1 is 0.735 bits per heavy atom. The van der Waals surface area contributed by atoms with Crippen molar-refractivity contribution < 1.29 is 5.11 Å². The smallest absolute Gasteiger partial charge is 0.156 e. The zero-order valence-corrected chi connectivity index (χ0v) is 28.3. The zero-order chi connectivity index (χ0) is 33.3. The van der Waals surface area contributed by atoms with Crippen LogP contribution in [0.15, 0.2) is 85.5 Å². The molecule has 1 unspecified atom stereocenters. The fourth-order valence-electron chi connectivity index (χ4n) is 7.13. The number of fused-ring (bicyclic) bond motifs is 2. The van der Waals surface area contributed by atoms with Crippen LogP contribution in [0.1, 0.15) is 36.0 Å². The standard InChI is InChI=1S/C39H39ClN8O/c1-25-31(6-4-8-33(25)45-38-36-29(10-13-41-38)19-27(21-44-36)23-48-17-12-30(49)24-48)32-7-5-9-34(35(32)40)46-39-37-28(11-14-42-39)18-26(20-43-37)22-47-15-2-3-16-47/h4-11,13-14,18-21,30,49H,2-3,12,15-17,22-24H2,1H3,(H,41,45)(H,42,46). The number of likely N-dealkylation sites (tertiary alicyclic amines) is 2. The van der Waals surface area contributed by atoms with Crippen molar-refractivity contribution >= 4 is 56.4 Å². The molecule has 6 heterocycles. The van der Waals surface area contributed by atoms with Gasteiger partial charge in [-0.25, -0.2) is 9.97 Å². The first-order valence-electron chi connectivity index (χ1n) is 17.0. The summed E-state index contributed by atoms with van der Waals surface area (Å²) >= 11 is 7.13. The molecule has 2 saturated heterocycles. The summed E-state index contributed by atoms with van der Waals surface area (Å²) in [6, 6.07) is 20.6. The summed E-state index contributed by atoms with van der Waals surface area (Å²) < 4.78 is 0. The van der Waals surface area contributed by atoms with E-state index in [-0.39, 0.29) is 6.10 Å². The molecule has 2 fully saturated rings. The summed E-state index contributed by atoms with van der Waals surface area (Å²) in [4.78, 5) is 23.7. The first kappa shape index (κ1) is 31.6. The predicted octanol–water partition coefficient (Wildman–Crippen LogP) is 7.85. The highest BCUT2D eigenvalue weighted by Gasteiger charge is 2.21. The molecular weight excluding hydrogens is 632 g/mol. The number of aliphatic hydroxyl groups excluding tert-OH is 1. The van der Waals surface area contributed by atoms with Gasteiger partial charge in [0.2, 0.25) is 0 Å². The SMILES string of the molecule is Cc1c(Nc2nccc3cc(CN4CCC(O)C4)cnc23)cccc1-c1cccc(Nc2nccc3cc(CN4CCCC4)cnc23)c1Cl. The molecule has 2 aliphatic rings. The van der Waals surface area contributed by atoms with Gasteiger partial charge in [-0.3, -0.25) is 19.8 Å². The minimum atomic E-state index is -0.238. The summed E-state index contributed by atoms with van der Waals surface area (Å²) in [5.41, 5.74) is 8.61. The highest BCUT2D eigenvalue weighted by atomic mass is 35.5. The number of aliphatic hydroxyl groups is 1. The number of benzene rings is 2. The molecule has 0 aliphatic carbocycles. The summed E-state index contributed by atoms with van der Waals surface area (Å²) in [7, 11) is 0. The van der Waals surface area contributed by atoms with Crippen LogP contribution in [-0.4, -0.2) is 67.1 Å². The topological polar surface area (TPSA) is 102 Å². The van der Waals surface area contributed by atoms with Crippen molar-refractivity contribution in [1.29, 1.82) is 0 Å². The van der Waals surface area contributed by atoms with E-state index in [1.807, 2.05) is 67.3 Å². The lowest BCUT2D eigenvalue weighted by Crippen LogP contribution is -2.21. The first-order valence-corrected chi connectivity index (χ1v) is 17.4. The zero-order valence-electron chi connectivity index (χ0n) is 27.5. The van der Waals surface area contributed by atoms with Crippen molar-refractivity contribution in [3.05, 3.63) is 107 Å². The van der Waals surface area contributed by atoms with Gasteiger partial charge in [-0.1, -0.05) is 35.9 Å². The Kier molecular flexibility index (Phi) is 8.82. The van der Waals surface area contributed by atoms with Gasteiger partial charge in [-0.05, 0) is 97.9 Å². The quantitative estimate of drug-likeness (QED) is 0.142. The molecule has 3 N–H and O–H groups in total. The van der Waals surface area contributed by atoms with Gasteiger partial charge in [-0.2, -0.15) is 0 Å². The number of aromatic nitrogens is 4. The second-order valence-corrected chi connectivity index (χ2v) is 13.6. The molecule has 0 bridgehead atoms. The van der Waals surface area contributed by atoms with E-state index in [0.29, 0.717) is 23.2 Å². The normalized spacial score (nSPS) is 16.9. The fourth-order valence-corrected chi connectivity index (χ4v) is 7.41. The van der Waals surface area contributed by atoms with Gasteiger partial charge in [0, 0.05) is 73.0 Å². The Balaban J connectivity index is 1.04. The van der Waals surface area contributed by atoms with Crippen molar-refractivity contribution in [1.82, 2.24) is 29.7 Å². The summed E-state index contributed by atoms with van der Waals surface area (Å²) in [6.07, 6.45) is 10.6. The molecule has 248 valence electrons. The lowest BCUT2D eigenvalue weighted by molar-refractivity contribution is 0.175. The summed E-state index contributed by atoms with van der Waals surface area (Å²) in [5.74, 6) is 1.37. The number of halogens is 1. The van der Waals surface area contributed by atoms with E-state index in [1.165, 1.54) is 18.4 Å². The molecule has 49 heavy (non-hydrogen) atoms. The molecule has 0 amide bonds. The maximum Gasteiger partial charge on any atom is 0.156 e. The fraction of sp³-hybridized carbons (Fsp3) is 0.282. The van der Waals surface area contributed by atoms with E-state index in [2.05, 4.69) is 55.5 Å². The van der Waals surface area contributed by atoms with Gasteiger partial charge in [0.15, 0.2) is 11.6 Å². The highest BCUT2D eigenvalue weighted by Crippen LogP contribution is 2.39. The van der Waals surface area contributed by atoms with Crippen LogP contribution in [0, 0.1) is 6.92 Å². The third-order valence-corrected chi connectivity index (χ3v) is 10.1. The monoisotopic (exact) mass is 670 g/mol. The molecule has 1 atom stereocenters. The second-order valence-electron chi connectivity index (χ2n) is 13.2. The Morgan fingerprint density at radius 3 is 1.96 bits per heavy atom. The molecule has 8 rings (SSSR count). The molecule has 0 spiro atoms. The van der Waals surface area contributed by atoms with Crippen LogP contribution in [0.2, 0.25) is 5.02 Å². The number of nitrogens with zero attached hydrogens (tertiary/aromatic N) is 6. The maximum absolute atomic E-state index is 9.92. The minimum absolute atomic E-state index is 0.238. The molecule has 4 aromatic heterocycles. The van der Waals surface area contributed by atoms with E-state index >= 15 is 0 Å². The van der Waals surface area contributed by atoms with Crippen LogP contribution in [0.25, 0.3) is 32.9 Å². The Hall–Kier alpha value is -4.67. The number of nitrogens with one attached hydrogen (secondary N) is 2. The Labute approximate surface area is 291 Å². The van der Waals surface area contributed by atoms with Crippen molar-refractivity contribution in [2.75, 3.05) is 36.8 Å². The molecule has 2 aromatic carbocycles. The molecule has 0 radical (unpaired) electrons. The number of hydrogen-bond donors (Lipinski definition) is 3. The number of β-amino-alcohol motifs (C(OH)–C–C–N with tert-alkyl or cyclic N) is 1. The van der Waals surface area contributed by atoms with Crippen LogP contribution in [-0.2, 0) is 13.1 Å². The lowest BCUT2D eigenvalue weighted by atomic mass is 9.98. The lowest BCUT2D eigenvalue weighted by Gasteiger charge is -2.17. The number of rotatable bonds is 9. The van der Waals surface area contributed by atoms with Crippen molar-refractivity contribution in [2.45, 2.75) is 45.4 Å². The maximum atomic E-state index is 9.92. The van der Waals surface area contributed by atoms with Crippen LogP contribution in [0.5, 0.6) is 0 Å². The number of pyridine rings is 4. The van der Waals surface area contributed by atoms with Gasteiger partial charge in [0.25, 0.3) is 0 Å². The Morgan fingerprint density at radius 2 is 1.33 bits per heavy atom. The van der Waals surface area contributed by atoms with E-state index in [4.69, 9.17) is 21.6 Å². The number of anilines is 4. The molecule has 2 aliphatic heterocycles. The summed E-state index contributed by atoms with van der Waals surface area (Å²) in [5, 5.41) is 19.6. The third-order valence-electron chi connectivity index (χ3n) is 9.70. The number of hydrogen-bond acceptors (Lipinski definition) is 9. The van der Waals surface area contributed by atoms with Crippen LogP contribution >= 0.6 is 11.6 Å². The van der Waals surface area contributed by atoms with Crippen LogP contribution in [0.3, 0.4) is 0 Å². The molecule has 6 aromatic rings. The predicted molar refractivity (Wildman–Crippen MR) is 198 cm³/mol. The van der Waals surface area contributed by atoms with E-state index < -0.39 is 0 Å². The van der Waals surface area contributed by atoms with Crippen molar-refractivity contribution in [3.8, 4) is 11.1 Å². The summed E-state index contributed by atoms with van der Waals surface area (Å²) in [6.45, 7) is 7.69. The first-order chi connectivity index (χ1) is 24.0. The second kappa shape index (κ2) is 13.7. The average molecular weight is 671 g/mol. The van der Waals surface area contributed by atoms with Crippen LogP contribution in [0.4, 0.5) is 23.0 Å². The van der Waals surface area contributed by atoms with Gasteiger partial charge < -0.3 is 15.7 Å². The highest BCUT2D eigenvalue weighted by molar-refractivity contribution is 6.36. The van der Waals surface area contributed by atoms with E-state index in [1.54, 1.807) is 0 Å². The average Bonchev–Trinajstić information content (AvgIpc) is 3.78. The third kappa shape index (κ3) is 6.67. The van der Waals surface area contributed by atoms with Gasteiger partial charge in [0.1, 0.15) is 11.0 Å². The van der Waals surface area contributed by atoms with Gasteiger partial charge in [0.05, 0.1) is 16.8 Å². The van der Waals surface area contributed by atoms with Crippen LogP contribution < -0.4 is 10.6 Å². The van der Waals surface area contributed by atoms with Gasteiger partial charge >= 0.3 is 0 Å². The molecule has 10 heteroatoms. The van der Waals surface area contributed by atoms with E-state index in [9.17, 15) is 5.11 Å². The van der Waals surface area contributed by atoms with Crippen molar-refractivity contribution in [2.24, 2.45) is 0 Å². The Bertz CT molecular complexity index is 2150. The molecular formula is C39H39ClN8O.